The van der Waals surface area contributed by atoms with Crippen LogP contribution >= 0.6 is 0 Å². The predicted molar refractivity (Wildman–Crippen MR) is 99.0 cm³/mol. The van der Waals surface area contributed by atoms with Crippen LogP contribution in [0.25, 0.3) is 0 Å². The van der Waals surface area contributed by atoms with Gasteiger partial charge < -0.3 is 20.3 Å². The van der Waals surface area contributed by atoms with Crippen molar-refractivity contribution in [3.8, 4) is 0 Å². The number of nitrogens with zero attached hydrogens (tertiary/aromatic N) is 1. The fraction of sp³-hybridized carbons (Fsp3) is 0.579. The maximum atomic E-state index is 13.1. The van der Waals surface area contributed by atoms with Crippen molar-refractivity contribution in [2.45, 2.75) is 45.4 Å². The summed E-state index contributed by atoms with van der Waals surface area (Å²) in [6.07, 6.45) is -3.58. The number of rotatable bonds is 3. The highest BCUT2D eigenvalue weighted by Gasteiger charge is 2.34. The lowest BCUT2D eigenvalue weighted by molar-refractivity contribution is -0.136. The number of anilines is 1. The number of ether oxygens (including phenoxy) is 1. The maximum absolute atomic E-state index is 13.1. The Bertz CT molecular complexity index is 702. The van der Waals surface area contributed by atoms with Crippen LogP contribution in [0.5, 0.6) is 0 Å². The number of urea groups is 1. The van der Waals surface area contributed by atoms with E-state index in [0.29, 0.717) is 26.1 Å². The zero-order valence-corrected chi connectivity index (χ0v) is 16.2. The van der Waals surface area contributed by atoms with Gasteiger partial charge in [0.1, 0.15) is 5.60 Å². The number of amides is 3. The van der Waals surface area contributed by atoms with Gasteiger partial charge in [-0.25, -0.2) is 9.59 Å². The Morgan fingerprint density at radius 2 is 1.89 bits per heavy atom. The summed E-state index contributed by atoms with van der Waals surface area (Å²) in [6.45, 7) is 6.41. The topological polar surface area (TPSA) is 70.7 Å². The minimum Gasteiger partial charge on any atom is -0.444 e. The lowest BCUT2D eigenvalue weighted by Gasteiger charge is -2.33. The van der Waals surface area contributed by atoms with Crippen LogP contribution in [0.1, 0.15) is 39.2 Å². The number of benzene rings is 1. The summed E-state index contributed by atoms with van der Waals surface area (Å²) in [7, 11) is 0. The van der Waals surface area contributed by atoms with E-state index < -0.39 is 29.5 Å². The van der Waals surface area contributed by atoms with E-state index in [9.17, 15) is 22.8 Å². The van der Waals surface area contributed by atoms with E-state index in [1.54, 1.807) is 20.8 Å². The molecule has 1 unspecified atom stereocenters. The van der Waals surface area contributed by atoms with Gasteiger partial charge in [-0.15, -0.1) is 0 Å². The van der Waals surface area contributed by atoms with E-state index in [1.165, 1.54) is 23.1 Å². The molecular weight excluding hydrogens is 375 g/mol. The third-order valence-corrected chi connectivity index (χ3v) is 4.21. The smallest absolute Gasteiger partial charge is 0.418 e. The molecule has 1 aliphatic heterocycles. The number of halogens is 3. The number of nitrogens with one attached hydrogen (secondary N) is 2. The second-order valence-electron chi connectivity index (χ2n) is 7.81. The first-order chi connectivity index (χ1) is 13.0. The van der Waals surface area contributed by atoms with Crippen molar-refractivity contribution in [1.82, 2.24) is 10.2 Å². The summed E-state index contributed by atoms with van der Waals surface area (Å²) in [5.41, 5.74) is -1.76. The van der Waals surface area contributed by atoms with Crippen molar-refractivity contribution >= 4 is 17.8 Å². The maximum Gasteiger partial charge on any atom is 0.418 e. The first-order valence-electron chi connectivity index (χ1n) is 9.15. The number of hydrogen-bond acceptors (Lipinski definition) is 3. The van der Waals surface area contributed by atoms with E-state index >= 15 is 0 Å². The van der Waals surface area contributed by atoms with Crippen LogP contribution in [0.3, 0.4) is 0 Å². The van der Waals surface area contributed by atoms with Crippen LogP contribution in [0, 0.1) is 5.92 Å². The summed E-state index contributed by atoms with van der Waals surface area (Å²) >= 11 is 0. The predicted octanol–water partition coefficient (Wildman–Crippen LogP) is 4.47. The highest BCUT2D eigenvalue weighted by molar-refractivity contribution is 5.90. The molecule has 6 nitrogen and oxygen atoms in total. The normalized spacial score (nSPS) is 17.8. The van der Waals surface area contributed by atoms with Crippen LogP contribution in [-0.2, 0) is 10.9 Å². The molecule has 0 bridgehead atoms. The standard InChI is InChI=1S/C19H26F3N3O3/c1-18(2,3)28-17(27)23-11-13-7-6-10-25(12-13)16(26)24-15-9-5-4-8-14(15)19(20,21)22/h4-5,8-9,13H,6-7,10-12H2,1-3H3,(H,23,27)(H,24,26). The minimum absolute atomic E-state index is 0.00452. The summed E-state index contributed by atoms with van der Waals surface area (Å²) in [6, 6.07) is 4.29. The fourth-order valence-corrected chi connectivity index (χ4v) is 2.99. The molecule has 1 aromatic carbocycles. The molecule has 1 saturated heterocycles. The van der Waals surface area contributed by atoms with Gasteiger partial charge in [-0.2, -0.15) is 13.2 Å². The molecule has 1 aliphatic rings. The van der Waals surface area contributed by atoms with Gasteiger partial charge in [-0.05, 0) is 51.7 Å². The molecule has 9 heteroatoms. The minimum atomic E-state index is -4.55. The number of piperidine rings is 1. The molecule has 1 heterocycles. The highest BCUT2D eigenvalue weighted by Crippen LogP contribution is 2.34. The van der Waals surface area contributed by atoms with Crippen molar-refractivity contribution in [3.63, 3.8) is 0 Å². The van der Waals surface area contributed by atoms with Crippen molar-refractivity contribution < 1.29 is 27.5 Å². The average Bonchev–Trinajstić information content (AvgIpc) is 2.58. The molecule has 2 rings (SSSR count). The number of para-hydroxylation sites is 1. The largest absolute Gasteiger partial charge is 0.444 e. The summed E-state index contributed by atoms with van der Waals surface area (Å²) in [4.78, 5) is 25.7. The molecule has 1 fully saturated rings. The van der Waals surface area contributed by atoms with E-state index in [2.05, 4.69) is 10.6 Å². The summed E-state index contributed by atoms with van der Waals surface area (Å²) in [5.74, 6) is 0.00452. The van der Waals surface area contributed by atoms with E-state index in [4.69, 9.17) is 4.74 Å². The zero-order valence-electron chi connectivity index (χ0n) is 16.2. The Balaban J connectivity index is 1.92. The molecule has 0 spiro atoms. The second kappa shape index (κ2) is 8.70. The number of carbonyl (C=O) groups excluding carboxylic acids is 2. The van der Waals surface area contributed by atoms with Crippen LogP contribution in [0.2, 0.25) is 0 Å². The van der Waals surface area contributed by atoms with Crippen LogP contribution in [-0.4, -0.2) is 42.3 Å². The Morgan fingerprint density at radius 1 is 1.21 bits per heavy atom. The third kappa shape index (κ3) is 6.61. The Hall–Kier alpha value is -2.45. The number of carbonyl (C=O) groups is 2. The van der Waals surface area contributed by atoms with Gasteiger partial charge in [0, 0.05) is 19.6 Å². The van der Waals surface area contributed by atoms with Crippen LogP contribution in [0.4, 0.5) is 28.4 Å². The number of likely N-dealkylation sites (tertiary alicyclic amines) is 1. The molecular formula is C19H26F3N3O3. The van der Waals surface area contributed by atoms with Gasteiger partial charge in [0.25, 0.3) is 0 Å². The Morgan fingerprint density at radius 3 is 2.54 bits per heavy atom. The monoisotopic (exact) mass is 401 g/mol. The average molecular weight is 401 g/mol. The lowest BCUT2D eigenvalue weighted by atomic mass is 9.98. The molecule has 28 heavy (non-hydrogen) atoms. The quantitative estimate of drug-likeness (QED) is 0.785. The van der Waals surface area contributed by atoms with Crippen LogP contribution in [0.15, 0.2) is 24.3 Å². The van der Waals surface area contributed by atoms with Crippen molar-refractivity contribution in [2.75, 3.05) is 25.0 Å². The molecule has 1 atom stereocenters. The SMILES string of the molecule is CC(C)(C)OC(=O)NCC1CCCN(C(=O)Nc2ccccc2C(F)(F)F)C1. The van der Waals surface area contributed by atoms with E-state index in [-0.39, 0.29) is 11.6 Å². The first-order valence-corrected chi connectivity index (χ1v) is 9.15. The molecule has 2 N–H and O–H groups in total. The molecule has 3 amide bonds. The molecule has 156 valence electrons. The highest BCUT2D eigenvalue weighted by atomic mass is 19.4. The molecule has 0 radical (unpaired) electrons. The van der Waals surface area contributed by atoms with E-state index in [0.717, 1.165) is 12.5 Å². The van der Waals surface area contributed by atoms with E-state index in [1.807, 2.05) is 0 Å². The Kier molecular flexibility index (Phi) is 6.79. The summed E-state index contributed by atoms with van der Waals surface area (Å²) in [5, 5.41) is 5.04. The van der Waals surface area contributed by atoms with Crippen molar-refractivity contribution in [3.05, 3.63) is 29.8 Å². The van der Waals surface area contributed by atoms with Crippen molar-refractivity contribution in [2.24, 2.45) is 5.92 Å². The van der Waals surface area contributed by atoms with Gasteiger partial charge in [-0.1, -0.05) is 12.1 Å². The summed E-state index contributed by atoms with van der Waals surface area (Å²) < 4.78 is 44.4. The lowest BCUT2D eigenvalue weighted by Crippen LogP contribution is -2.46. The third-order valence-electron chi connectivity index (χ3n) is 4.21. The second-order valence-corrected chi connectivity index (χ2v) is 7.81. The van der Waals surface area contributed by atoms with Gasteiger partial charge in [0.15, 0.2) is 0 Å². The fourth-order valence-electron chi connectivity index (χ4n) is 2.99. The van der Waals surface area contributed by atoms with Gasteiger partial charge in [0.05, 0.1) is 11.3 Å². The molecule has 1 aromatic rings. The Labute approximate surface area is 162 Å². The van der Waals surface area contributed by atoms with Crippen molar-refractivity contribution in [1.29, 1.82) is 0 Å². The molecule has 0 saturated carbocycles. The number of hydrogen-bond donors (Lipinski definition) is 2. The van der Waals surface area contributed by atoms with Gasteiger partial charge >= 0.3 is 18.3 Å². The molecule has 0 aromatic heterocycles. The zero-order chi connectivity index (χ0) is 20.9. The van der Waals surface area contributed by atoms with Crippen LogP contribution < -0.4 is 10.6 Å². The number of alkyl halides is 3. The molecule has 0 aliphatic carbocycles. The van der Waals surface area contributed by atoms with Gasteiger partial charge in [-0.3, -0.25) is 0 Å². The van der Waals surface area contributed by atoms with Gasteiger partial charge in [0.2, 0.25) is 0 Å². The first kappa shape index (κ1) is 21.8. The number of alkyl carbamates (subject to hydrolysis) is 1.